The van der Waals surface area contributed by atoms with Gasteiger partial charge in [-0.05, 0) is 12.1 Å². The lowest BCUT2D eigenvalue weighted by Crippen LogP contribution is -2.33. The fraction of sp³-hybridized carbons (Fsp3) is 0.231. The SMILES string of the molecule is C#CCOCCN1C(=O)c2ccccc2C1=O. The molecule has 1 aromatic rings. The molecule has 0 saturated heterocycles. The molecule has 0 spiro atoms. The number of fused-ring (bicyclic) bond motifs is 1. The summed E-state index contributed by atoms with van der Waals surface area (Å²) in [5, 5.41) is 0. The molecule has 0 fully saturated rings. The zero-order valence-electron chi connectivity index (χ0n) is 9.18. The predicted molar refractivity (Wildman–Crippen MR) is 61.5 cm³/mol. The average molecular weight is 229 g/mol. The van der Waals surface area contributed by atoms with Crippen molar-refractivity contribution in [3.63, 3.8) is 0 Å². The Kier molecular flexibility index (Phi) is 3.22. The van der Waals surface area contributed by atoms with Gasteiger partial charge < -0.3 is 4.74 Å². The Labute approximate surface area is 99.2 Å². The van der Waals surface area contributed by atoms with Gasteiger partial charge in [-0.25, -0.2) is 0 Å². The molecule has 2 amide bonds. The number of amides is 2. The lowest BCUT2D eigenvalue weighted by molar-refractivity contribution is 0.0588. The van der Waals surface area contributed by atoms with Gasteiger partial charge in [-0.2, -0.15) is 0 Å². The van der Waals surface area contributed by atoms with Crippen LogP contribution in [0.3, 0.4) is 0 Å². The molecular formula is C13H11NO3. The van der Waals surface area contributed by atoms with Gasteiger partial charge in [-0.3, -0.25) is 14.5 Å². The quantitative estimate of drug-likeness (QED) is 0.438. The second kappa shape index (κ2) is 4.81. The summed E-state index contributed by atoms with van der Waals surface area (Å²) in [5.74, 6) is 1.78. The normalized spacial score (nSPS) is 13.7. The molecule has 0 bridgehead atoms. The summed E-state index contributed by atoms with van der Waals surface area (Å²) in [6.45, 7) is 0.673. The highest BCUT2D eigenvalue weighted by atomic mass is 16.5. The molecule has 0 atom stereocenters. The minimum absolute atomic E-state index is 0.184. The van der Waals surface area contributed by atoms with Crippen LogP contribution < -0.4 is 0 Å². The predicted octanol–water partition coefficient (Wildman–Crippen LogP) is 0.932. The smallest absolute Gasteiger partial charge is 0.261 e. The number of hydrogen-bond donors (Lipinski definition) is 0. The fourth-order valence-electron chi connectivity index (χ4n) is 1.73. The number of carbonyl (C=O) groups excluding carboxylic acids is 2. The van der Waals surface area contributed by atoms with Crippen LogP contribution in [0.15, 0.2) is 24.3 Å². The number of ether oxygens (including phenoxy) is 1. The third-order valence-corrected chi connectivity index (χ3v) is 2.52. The number of hydrogen-bond acceptors (Lipinski definition) is 3. The molecule has 0 radical (unpaired) electrons. The van der Waals surface area contributed by atoms with E-state index in [-0.39, 0.29) is 31.6 Å². The van der Waals surface area contributed by atoms with Gasteiger partial charge in [0.15, 0.2) is 0 Å². The zero-order valence-corrected chi connectivity index (χ0v) is 9.18. The van der Waals surface area contributed by atoms with Gasteiger partial charge in [0.05, 0.1) is 24.3 Å². The lowest BCUT2D eigenvalue weighted by atomic mass is 10.1. The van der Waals surface area contributed by atoms with Crippen LogP contribution in [0.4, 0.5) is 0 Å². The molecule has 17 heavy (non-hydrogen) atoms. The molecule has 1 aliphatic heterocycles. The Bertz CT molecular complexity index is 467. The Morgan fingerprint density at radius 1 is 1.18 bits per heavy atom. The van der Waals surface area contributed by atoms with E-state index >= 15 is 0 Å². The van der Waals surface area contributed by atoms with E-state index in [9.17, 15) is 9.59 Å². The molecule has 0 aliphatic carbocycles. The third kappa shape index (κ3) is 2.05. The summed E-state index contributed by atoms with van der Waals surface area (Å²) < 4.78 is 5.06. The van der Waals surface area contributed by atoms with Crippen LogP contribution in [0.2, 0.25) is 0 Å². The van der Waals surface area contributed by atoms with Crippen LogP contribution >= 0.6 is 0 Å². The molecule has 0 unspecified atom stereocenters. The molecule has 4 nitrogen and oxygen atoms in total. The first-order valence-electron chi connectivity index (χ1n) is 5.22. The molecule has 2 rings (SSSR count). The summed E-state index contributed by atoms with van der Waals surface area (Å²) in [4.78, 5) is 24.9. The number of imide groups is 1. The number of benzene rings is 1. The van der Waals surface area contributed by atoms with Gasteiger partial charge in [0.2, 0.25) is 0 Å². The van der Waals surface area contributed by atoms with Crippen molar-refractivity contribution in [1.82, 2.24) is 4.90 Å². The lowest BCUT2D eigenvalue weighted by Gasteiger charge is -2.12. The fourth-order valence-corrected chi connectivity index (χ4v) is 1.73. The second-order valence-electron chi connectivity index (χ2n) is 3.56. The van der Waals surface area contributed by atoms with Gasteiger partial charge in [-0.15, -0.1) is 6.42 Å². The van der Waals surface area contributed by atoms with Crippen LogP contribution in [0, 0.1) is 12.3 Å². The van der Waals surface area contributed by atoms with Crippen molar-refractivity contribution in [2.24, 2.45) is 0 Å². The van der Waals surface area contributed by atoms with Crippen molar-refractivity contribution in [3.05, 3.63) is 35.4 Å². The van der Waals surface area contributed by atoms with E-state index in [1.165, 1.54) is 4.90 Å². The van der Waals surface area contributed by atoms with E-state index in [0.29, 0.717) is 11.1 Å². The van der Waals surface area contributed by atoms with E-state index in [2.05, 4.69) is 5.92 Å². The maximum atomic E-state index is 11.9. The van der Waals surface area contributed by atoms with Crippen LogP contribution in [0.5, 0.6) is 0 Å². The topological polar surface area (TPSA) is 46.6 Å². The first-order valence-corrected chi connectivity index (χ1v) is 5.22. The van der Waals surface area contributed by atoms with E-state index in [4.69, 9.17) is 11.2 Å². The molecule has 0 N–H and O–H groups in total. The Morgan fingerprint density at radius 2 is 1.76 bits per heavy atom. The minimum atomic E-state index is -0.269. The third-order valence-electron chi connectivity index (χ3n) is 2.52. The van der Waals surface area contributed by atoms with Crippen LogP contribution in [-0.2, 0) is 4.74 Å². The standard InChI is InChI=1S/C13H11NO3/c1-2-8-17-9-7-14-12(15)10-5-3-4-6-11(10)13(14)16/h1,3-6H,7-9H2. The van der Waals surface area contributed by atoms with Crippen LogP contribution in [0.1, 0.15) is 20.7 Å². The molecule has 0 saturated carbocycles. The maximum absolute atomic E-state index is 11.9. The first-order chi connectivity index (χ1) is 8.25. The zero-order chi connectivity index (χ0) is 12.3. The monoisotopic (exact) mass is 229 g/mol. The van der Waals surface area contributed by atoms with Gasteiger partial charge >= 0.3 is 0 Å². The minimum Gasteiger partial charge on any atom is -0.367 e. The second-order valence-corrected chi connectivity index (χ2v) is 3.56. The van der Waals surface area contributed by atoms with E-state index in [0.717, 1.165) is 0 Å². The Morgan fingerprint density at radius 3 is 2.29 bits per heavy atom. The van der Waals surface area contributed by atoms with E-state index in [1.54, 1.807) is 24.3 Å². The number of rotatable bonds is 4. The summed E-state index contributed by atoms with van der Waals surface area (Å²) >= 11 is 0. The van der Waals surface area contributed by atoms with Gasteiger partial charge in [0.1, 0.15) is 6.61 Å². The largest absolute Gasteiger partial charge is 0.367 e. The molecule has 4 heteroatoms. The van der Waals surface area contributed by atoms with Gasteiger partial charge in [-0.1, -0.05) is 18.1 Å². The highest BCUT2D eigenvalue weighted by Crippen LogP contribution is 2.21. The molecule has 1 aliphatic rings. The summed E-state index contributed by atoms with van der Waals surface area (Å²) in [5.41, 5.74) is 0.906. The van der Waals surface area contributed by atoms with Gasteiger partial charge in [0, 0.05) is 0 Å². The highest BCUT2D eigenvalue weighted by molar-refractivity contribution is 6.21. The number of carbonyl (C=O) groups is 2. The van der Waals surface area contributed by atoms with Crippen molar-refractivity contribution in [3.8, 4) is 12.3 Å². The molecular weight excluding hydrogens is 218 g/mol. The van der Waals surface area contributed by atoms with Crippen LogP contribution in [0.25, 0.3) is 0 Å². The maximum Gasteiger partial charge on any atom is 0.261 e. The van der Waals surface area contributed by atoms with Crippen molar-refractivity contribution >= 4 is 11.8 Å². The average Bonchev–Trinajstić information content (AvgIpc) is 2.60. The van der Waals surface area contributed by atoms with Gasteiger partial charge in [0.25, 0.3) is 11.8 Å². The summed E-state index contributed by atoms with van der Waals surface area (Å²) in [6.07, 6.45) is 5.02. The van der Waals surface area contributed by atoms with Crippen molar-refractivity contribution in [2.45, 2.75) is 0 Å². The molecule has 1 aromatic carbocycles. The van der Waals surface area contributed by atoms with E-state index < -0.39 is 0 Å². The number of nitrogens with zero attached hydrogens (tertiary/aromatic N) is 1. The van der Waals surface area contributed by atoms with Crippen molar-refractivity contribution in [1.29, 1.82) is 0 Å². The summed E-state index contributed by atoms with van der Waals surface area (Å²) in [6, 6.07) is 6.78. The first kappa shape index (κ1) is 11.4. The molecule has 1 heterocycles. The molecule has 0 aromatic heterocycles. The Balaban J connectivity index is 2.06. The number of terminal acetylenes is 1. The highest BCUT2D eigenvalue weighted by Gasteiger charge is 2.34. The van der Waals surface area contributed by atoms with E-state index in [1.807, 2.05) is 0 Å². The van der Waals surface area contributed by atoms with Crippen molar-refractivity contribution < 1.29 is 14.3 Å². The molecule has 86 valence electrons. The van der Waals surface area contributed by atoms with Crippen LogP contribution in [-0.4, -0.2) is 36.5 Å². The Hall–Kier alpha value is -2.12. The van der Waals surface area contributed by atoms with Crippen molar-refractivity contribution in [2.75, 3.05) is 19.8 Å². The summed E-state index contributed by atoms with van der Waals surface area (Å²) in [7, 11) is 0.